The van der Waals surface area contributed by atoms with Crippen LogP contribution < -0.4 is 5.32 Å². The van der Waals surface area contributed by atoms with Crippen molar-refractivity contribution in [1.82, 2.24) is 4.98 Å². The highest BCUT2D eigenvalue weighted by atomic mass is 32.1. The Hall–Kier alpha value is -1.86. The quantitative estimate of drug-likeness (QED) is 0.895. The zero-order valence-electron chi connectivity index (χ0n) is 9.55. The van der Waals surface area contributed by atoms with Gasteiger partial charge in [-0.25, -0.2) is 0 Å². The molecule has 0 amide bonds. The number of thiazole rings is 1. The van der Waals surface area contributed by atoms with Crippen molar-refractivity contribution >= 4 is 17.0 Å². The number of hydrogen-bond acceptors (Lipinski definition) is 4. The molecule has 0 saturated carbocycles. The number of aromatic nitrogens is 1. The van der Waals surface area contributed by atoms with E-state index in [4.69, 9.17) is 5.26 Å². The molecular weight excluding hydrogens is 230 g/mol. The average Bonchev–Trinajstić information content (AvgIpc) is 2.86. The van der Waals surface area contributed by atoms with E-state index in [-0.39, 0.29) is 6.04 Å². The van der Waals surface area contributed by atoms with Gasteiger partial charge in [-0.05, 0) is 24.6 Å². The Bertz CT molecular complexity index is 496. The van der Waals surface area contributed by atoms with E-state index < -0.39 is 0 Å². The monoisotopic (exact) mass is 243 g/mol. The van der Waals surface area contributed by atoms with Crippen LogP contribution in [0.4, 0.5) is 5.69 Å². The van der Waals surface area contributed by atoms with Crippen LogP contribution >= 0.6 is 11.3 Å². The molecule has 3 nitrogen and oxygen atoms in total. The molecule has 2 aromatic rings. The number of hydrogen-bond donors (Lipinski definition) is 1. The van der Waals surface area contributed by atoms with Crippen LogP contribution in [-0.2, 0) is 6.42 Å². The third kappa shape index (κ3) is 3.05. The van der Waals surface area contributed by atoms with Crippen molar-refractivity contribution in [3.63, 3.8) is 0 Å². The van der Waals surface area contributed by atoms with Crippen molar-refractivity contribution in [3.05, 3.63) is 46.4 Å². The minimum Gasteiger partial charge on any atom is -0.378 e. The lowest BCUT2D eigenvalue weighted by Gasteiger charge is -2.13. The van der Waals surface area contributed by atoms with E-state index in [2.05, 4.69) is 23.3 Å². The fraction of sp³-hybridized carbons (Fsp3) is 0.231. The first kappa shape index (κ1) is 11.6. The first-order chi connectivity index (χ1) is 8.29. The van der Waals surface area contributed by atoms with Gasteiger partial charge in [0, 0.05) is 16.8 Å². The van der Waals surface area contributed by atoms with Gasteiger partial charge in [-0.2, -0.15) is 5.26 Å². The molecule has 1 heterocycles. The second-order valence-electron chi connectivity index (χ2n) is 3.80. The van der Waals surface area contributed by atoms with E-state index in [0.717, 1.165) is 11.3 Å². The summed E-state index contributed by atoms with van der Waals surface area (Å²) in [4.78, 5) is 5.28. The van der Waals surface area contributed by atoms with E-state index in [1.807, 2.05) is 36.0 Å². The van der Waals surface area contributed by atoms with E-state index in [9.17, 15) is 0 Å². The molecule has 0 radical (unpaired) electrons. The lowest BCUT2D eigenvalue weighted by molar-refractivity contribution is 0.903. The van der Waals surface area contributed by atoms with Crippen molar-refractivity contribution < 1.29 is 0 Å². The molecule has 17 heavy (non-hydrogen) atoms. The van der Waals surface area contributed by atoms with Gasteiger partial charge in [-0.3, -0.25) is 4.98 Å². The van der Waals surface area contributed by atoms with E-state index in [1.54, 1.807) is 11.3 Å². The number of nitriles is 1. The van der Waals surface area contributed by atoms with Crippen molar-refractivity contribution in [2.24, 2.45) is 0 Å². The van der Waals surface area contributed by atoms with Gasteiger partial charge in [0.05, 0.1) is 24.0 Å². The summed E-state index contributed by atoms with van der Waals surface area (Å²) in [7, 11) is 0. The molecule has 1 N–H and O–H groups in total. The SMILES string of the molecule is CC(Nc1ccc(CC#N)cc1)c1cncs1. The van der Waals surface area contributed by atoms with Gasteiger partial charge in [0.15, 0.2) is 0 Å². The first-order valence-corrected chi connectivity index (χ1v) is 6.28. The van der Waals surface area contributed by atoms with E-state index >= 15 is 0 Å². The Labute approximate surface area is 105 Å². The van der Waals surface area contributed by atoms with Gasteiger partial charge >= 0.3 is 0 Å². The zero-order chi connectivity index (χ0) is 12.1. The van der Waals surface area contributed by atoms with Crippen molar-refractivity contribution in [2.75, 3.05) is 5.32 Å². The summed E-state index contributed by atoms with van der Waals surface area (Å²) in [5.41, 5.74) is 3.94. The molecule has 0 fully saturated rings. The number of nitrogens with one attached hydrogen (secondary N) is 1. The molecule has 1 aromatic carbocycles. The summed E-state index contributed by atoms with van der Waals surface area (Å²) in [5, 5.41) is 12.0. The largest absolute Gasteiger partial charge is 0.378 e. The second kappa shape index (κ2) is 5.46. The third-order valence-electron chi connectivity index (χ3n) is 2.50. The van der Waals surface area contributed by atoms with Crippen molar-refractivity contribution in [3.8, 4) is 6.07 Å². The molecule has 0 aliphatic heterocycles. The molecule has 4 heteroatoms. The third-order valence-corrected chi connectivity index (χ3v) is 3.46. The van der Waals surface area contributed by atoms with Crippen LogP contribution in [0.15, 0.2) is 36.0 Å². The van der Waals surface area contributed by atoms with E-state index in [0.29, 0.717) is 6.42 Å². The van der Waals surface area contributed by atoms with Gasteiger partial charge in [-0.1, -0.05) is 12.1 Å². The molecule has 0 aliphatic carbocycles. The lowest BCUT2D eigenvalue weighted by atomic mass is 10.1. The van der Waals surface area contributed by atoms with Crippen LogP contribution in [0.3, 0.4) is 0 Å². The highest BCUT2D eigenvalue weighted by Gasteiger charge is 2.06. The molecule has 0 aliphatic rings. The summed E-state index contributed by atoms with van der Waals surface area (Å²) in [5.74, 6) is 0. The Morgan fingerprint density at radius 3 is 2.76 bits per heavy atom. The average molecular weight is 243 g/mol. The standard InChI is InChI=1S/C13H13N3S/c1-10(13-8-15-9-17-13)16-12-4-2-11(3-5-12)6-7-14/h2-5,8-10,16H,6H2,1H3. The van der Waals surface area contributed by atoms with Crippen molar-refractivity contribution in [2.45, 2.75) is 19.4 Å². The van der Waals surface area contributed by atoms with E-state index in [1.165, 1.54) is 4.88 Å². The minimum atomic E-state index is 0.254. The normalized spacial score (nSPS) is 11.8. The van der Waals surface area contributed by atoms with Crippen LogP contribution in [0.1, 0.15) is 23.4 Å². The molecule has 0 spiro atoms. The maximum absolute atomic E-state index is 8.59. The summed E-state index contributed by atoms with van der Waals surface area (Å²) < 4.78 is 0. The lowest BCUT2D eigenvalue weighted by Crippen LogP contribution is -2.04. The summed E-state index contributed by atoms with van der Waals surface area (Å²) in [6.07, 6.45) is 2.34. The number of anilines is 1. The first-order valence-electron chi connectivity index (χ1n) is 5.40. The topological polar surface area (TPSA) is 48.7 Å². The van der Waals surface area contributed by atoms with Gasteiger partial charge in [0.1, 0.15) is 0 Å². The molecule has 0 bridgehead atoms. The summed E-state index contributed by atoms with van der Waals surface area (Å²) in [6.45, 7) is 2.11. The molecule has 86 valence electrons. The zero-order valence-corrected chi connectivity index (χ0v) is 10.4. The number of nitrogens with zero attached hydrogens (tertiary/aromatic N) is 2. The molecule has 0 saturated heterocycles. The van der Waals surface area contributed by atoms with Gasteiger partial charge in [0.2, 0.25) is 0 Å². The minimum absolute atomic E-state index is 0.254. The Balaban J connectivity index is 2.02. The number of benzene rings is 1. The van der Waals surface area contributed by atoms with Gasteiger partial charge in [-0.15, -0.1) is 11.3 Å². The molecule has 2 rings (SSSR count). The van der Waals surface area contributed by atoms with Crippen molar-refractivity contribution in [1.29, 1.82) is 5.26 Å². The van der Waals surface area contributed by atoms with Crippen LogP contribution in [0, 0.1) is 11.3 Å². The second-order valence-corrected chi connectivity index (χ2v) is 4.72. The maximum atomic E-state index is 8.59. The molecule has 1 atom stereocenters. The Kier molecular flexibility index (Phi) is 3.73. The Morgan fingerprint density at radius 1 is 1.41 bits per heavy atom. The molecule has 1 aromatic heterocycles. The predicted molar refractivity (Wildman–Crippen MR) is 69.9 cm³/mol. The van der Waals surface area contributed by atoms with Crippen LogP contribution in [-0.4, -0.2) is 4.98 Å². The fourth-order valence-corrected chi connectivity index (χ4v) is 2.20. The molecular formula is C13H13N3S. The summed E-state index contributed by atoms with van der Waals surface area (Å²) in [6, 6.07) is 10.4. The van der Waals surface area contributed by atoms with Crippen LogP contribution in [0.2, 0.25) is 0 Å². The van der Waals surface area contributed by atoms with Crippen LogP contribution in [0.25, 0.3) is 0 Å². The smallest absolute Gasteiger partial charge is 0.0795 e. The highest BCUT2D eigenvalue weighted by molar-refractivity contribution is 7.09. The van der Waals surface area contributed by atoms with Gasteiger partial charge in [0.25, 0.3) is 0 Å². The highest BCUT2D eigenvalue weighted by Crippen LogP contribution is 2.22. The number of rotatable bonds is 4. The van der Waals surface area contributed by atoms with Crippen LogP contribution in [0.5, 0.6) is 0 Å². The van der Waals surface area contributed by atoms with Gasteiger partial charge < -0.3 is 5.32 Å². The summed E-state index contributed by atoms with van der Waals surface area (Å²) >= 11 is 1.64. The predicted octanol–water partition coefficient (Wildman–Crippen LogP) is 3.38. The molecule has 1 unspecified atom stereocenters. The maximum Gasteiger partial charge on any atom is 0.0795 e. The Morgan fingerprint density at radius 2 is 2.18 bits per heavy atom. The fourth-order valence-electron chi connectivity index (χ4n) is 1.57.